The average molecular weight is 841 g/mol. The number of nitrogens with zero attached hydrogens (tertiary/aromatic N) is 2. The zero-order valence-corrected chi connectivity index (χ0v) is 36.8. The molecule has 1 aromatic heterocycles. The molecule has 11 aromatic rings. The molecule has 14 rings (SSSR count). The van der Waals surface area contributed by atoms with Crippen molar-refractivity contribution in [1.29, 1.82) is 0 Å². The molecule has 3 aliphatic rings. The van der Waals surface area contributed by atoms with Crippen LogP contribution in [0.3, 0.4) is 0 Å². The zero-order valence-electron chi connectivity index (χ0n) is 36.8. The first kappa shape index (κ1) is 37.2. The molecule has 0 fully saturated rings. The summed E-state index contributed by atoms with van der Waals surface area (Å²) in [5.41, 5.74) is 24.4. The SMILES string of the molecule is CC1(C)c2ccccc2-c2cc(N(c3ccccc3-c3ccccc3)c3ccccc3-c3ccc4c(c3)C3(c5ccccc5-c5ccccc53)c3cccc5c6ccccc6n-4c35)ccc21. The molecule has 2 heteroatoms. The minimum atomic E-state index is -0.545. The maximum Gasteiger partial charge on any atom is 0.0754 e. The second-order valence-corrected chi connectivity index (χ2v) is 18.8. The Bertz CT molecular complexity index is 3760. The van der Waals surface area contributed by atoms with Gasteiger partial charge in [0.25, 0.3) is 0 Å². The Labute approximate surface area is 385 Å². The van der Waals surface area contributed by atoms with Gasteiger partial charge >= 0.3 is 0 Å². The van der Waals surface area contributed by atoms with Crippen LogP contribution in [-0.4, -0.2) is 4.57 Å². The van der Waals surface area contributed by atoms with Crippen LogP contribution in [-0.2, 0) is 10.8 Å². The fourth-order valence-corrected chi connectivity index (χ4v) is 12.4. The predicted molar refractivity (Wildman–Crippen MR) is 275 cm³/mol. The lowest BCUT2D eigenvalue weighted by Crippen LogP contribution is -2.33. The molecule has 1 aliphatic heterocycles. The summed E-state index contributed by atoms with van der Waals surface area (Å²) in [5.74, 6) is 0. The number of hydrogen-bond donors (Lipinski definition) is 0. The first-order valence-corrected chi connectivity index (χ1v) is 23.2. The van der Waals surface area contributed by atoms with Gasteiger partial charge in [-0.2, -0.15) is 0 Å². The van der Waals surface area contributed by atoms with Gasteiger partial charge in [-0.25, -0.2) is 0 Å². The van der Waals surface area contributed by atoms with Crippen LogP contribution in [0.15, 0.2) is 231 Å². The van der Waals surface area contributed by atoms with Crippen LogP contribution in [0.2, 0.25) is 0 Å². The molecular weight excluding hydrogens is 797 g/mol. The van der Waals surface area contributed by atoms with Gasteiger partial charge in [0.15, 0.2) is 0 Å². The van der Waals surface area contributed by atoms with Crippen LogP contribution < -0.4 is 4.90 Å². The zero-order chi connectivity index (χ0) is 43.7. The van der Waals surface area contributed by atoms with Gasteiger partial charge in [0.1, 0.15) is 0 Å². The third kappa shape index (κ3) is 4.85. The first-order valence-electron chi connectivity index (χ1n) is 23.2. The van der Waals surface area contributed by atoms with Crippen LogP contribution in [0, 0.1) is 0 Å². The quantitative estimate of drug-likeness (QED) is 0.168. The van der Waals surface area contributed by atoms with Gasteiger partial charge in [0.05, 0.1) is 33.5 Å². The maximum absolute atomic E-state index is 2.55. The highest BCUT2D eigenvalue weighted by atomic mass is 15.1. The van der Waals surface area contributed by atoms with E-state index in [1.54, 1.807) is 0 Å². The second-order valence-electron chi connectivity index (χ2n) is 18.8. The molecule has 66 heavy (non-hydrogen) atoms. The van der Waals surface area contributed by atoms with Crippen molar-refractivity contribution in [2.45, 2.75) is 24.7 Å². The van der Waals surface area contributed by atoms with Crippen molar-refractivity contribution in [1.82, 2.24) is 4.57 Å². The smallest absolute Gasteiger partial charge is 0.0754 e. The Kier molecular flexibility index (Phi) is 7.70. The van der Waals surface area contributed by atoms with Gasteiger partial charge in [0.2, 0.25) is 0 Å². The molecule has 2 heterocycles. The number of benzene rings is 10. The molecule has 0 atom stereocenters. The summed E-state index contributed by atoms with van der Waals surface area (Å²) in [4.78, 5) is 2.51. The summed E-state index contributed by atoms with van der Waals surface area (Å²) in [6.07, 6.45) is 0. The van der Waals surface area contributed by atoms with Crippen molar-refractivity contribution in [3.05, 3.63) is 264 Å². The van der Waals surface area contributed by atoms with Crippen LogP contribution in [0.5, 0.6) is 0 Å². The maximum atomic E-state index is 2.55. The van der Waals surface area contributed by atoms with Gasteiger partial charge in [-0.05, 0) is 109 Å². The number of hydrogen-bond acceptors (Lipinski definition) is 1. The van der Waals surface area contributed by atoms with E-state index in [1.807, 2.05) is 0 Å². The summed E-state index contributed by atoms with van der Waals surface area (Å²) in [7, 11) is 0. The van der Waals surface area contributed by atoms with Gasteiger partial charge < -0.3 is 9.47 Å². The highest BCUT2D eigenvalue weighted by molar-refractivity contribution is 6.13. The van der Waals surface area contributed by atoms with Crippen LogP contribution in [0.1, 0.15) is 47.2 Å². The predicted octanol–water partition coefficient (Wildman–Crippen LogP) is 16.6. The lowest BCUT2D eigenvalue weighted by Gasteiger charge is -2.40. The Hall–Kier alpha value is -8.20. The molecule has 0 saturated heterocycles. The van der Waals surface area contributed by atoms with Crippen molar-refractivity contribution >= 4 is 38.9 Å². The van der Waals surface area contributed by atoms with E-state index in [0.717, 1.165) is 17.1 Å². The molecule has 0 bridgehead atoms. The van der Waals surface area contributed by atoms with E-state index in [2.05, 4.69) is 254 Å². The topological polar surface area (TPSA) is 8.17 Å². The Balaban J connectivity index is 1.06. The van der Waals surface area contributed by atoms with E-state index in [1.165, 1.54) is 105 Å². The number of aromatic nitrogens is 1. The van der Waals surface area contributed by atoms with Crippen molar-refractivity contribution < 1.29 is 0 Å². The molecule has 0 saturated carbocycles. The Morgan fingerprint density at radius 3 is 1.59 bits per heavy atom. The molecule has 310 valence electrons. The molecule has 0 amide bonds. The molecule has 10 aromatic carbocycles. The van der Waals surface area contributed by atoms with E-state index in [4.69, 9.17) is 0 Å². The van der Waals surface area contributed by atoms with Gasteiger partial charge in [-0.1, -0.05) is 202 Å². The third-order valence-corrected chi connectivity index (χ3v) is 15.2. The van der Waals surface area contributed by atoms with Crippen molar-refractivity contribution in [2.75, 3.05) is 4.90 Å². The molecule has 0 N–H and O–H groups in total. The fourth-order valence-electron chi connectivity index (χ4n) is 12.4. The molecule has 0 radical (unpaired) electrons. The standard InChI is InChI=1S/C64H44N2/c1-63(2)52-28-12-6-25-48(52)51-40-43(36-37-53(51)63)65(58-32-15-9-21-44(58)41-19-4-3-5-20-41)59-33-16-10-22-45(59)42-35-38-61-57(39-42)64(54-29-13-7-23-46(54)47-24-8-14-30-55(47)64)56-31-18-27-50-49-26-11-17-34-60(49)66(61)62(50)56/h3-40H,1-2H3. The number of para-hydroxylation sites is 4. The number of anilines is 3. The first-order chi connectivity index (χ1) is 32.5. The Morgan fingerprint density at radius 1 is 0.348 bits per heavy atom. The number of rotatable bonds is 5. The summed E-state index contributed by atoms with van der Waals surface area (Å²) in [5, 5.41) is 2.57. The summed E-state index contributed by atoms with van der Waals surface area (Å²) in [6.45, 7) is 4.72. The summed E-state index contributed by atoms with van der Waals surface area (Å²) < 4.78 is 2.55. The van der Waals surface area contributed by atoms with Crippen molar-refractivity contribution in [3.63, 3.8) is 0 Å². The molecule has 2 aliphatic carbocycles. The summed E-state index contributed by atoms with van der Waals surface area (Å²) >= 11 is 0. The van der Waals surface area contributed by atoms with Crippen LogP contribution >= 0.6 is 0 Å². The summed E-state index contributed by atoms with van der Waals surface area (Å²) in [6, 6.07) is 86.4. The lowest BCUT2D eigenvalue weighted by atomic mass is 9.65. The molecule has 1 spiro atoms. The van der Waals surface area contributed by atoms with Crippen molar-refractivity contribution in [3.8, 4) is 50.2 Å². The van der Waals surface area contributed by atoms with E-state index < -0.39 is 5.41 Å². The largest absolute Gasteiger partial charge is 0.309 e. The molecule has 2 nitrogen and oxygen atoms in total. The number of fused-ring (bicyclic) bond motifs is 15. The van der Waals surface area contributed by atoms with Crippen LogP contribution in [0.25, 0.3) is 72.0 Å². The van der Waals surface area contributed by atoms with Gasteiger partial charge in [-0.3, -0.25) is 0 Å². The highest BCUT2D eigenvalue weighted by Crippen LogP contribution is 2.62. The minimum absolute atomic E-state index is 0.0963. The van der Waals surface area contributed by atoms with Gasteiger partial charge in [0, 0.05) is 33.0 Å². The monoisotopic (exact) mass is 840 g/mol. The van der Waals surface area contributed by atoms with E-state index >= 15 is 0 Å². The average Bonchev–Trinajstić information content (AvgIpc) is 3.95. The lowest BCUT2D eigenvalue weighted by molar-refractivity contribution is 0.660. The van der Waals surface area contributed by atoms with E-state index in [9.17, 15) is 0 Å². The van der Waals surface area contributed by atoms with E-state index in [0.29, 0.717) is 0 Å². The third-order valence-electron chi connectivity index (χ3n) is 15.2. The van der Waals surface area contributed by atoms with E-state index in [-0.39, 0.29) is 5.41 Å². The van der Waals surface area contributed by atoms with Gasteiger partial charge in [-0.15, -0.1) is 0 Å². The molecule has 0 unspecified atom stereocenters. The minimum Gasteiger partial charge on any atom is -0.309 e. The Morgan fingerprint density at radius 2 is 0.879 bits per heavy atom. The molecular formula is C64H44N2. The van der Waals surface area contributed by atoms with Crippen molar-refractivity contribution in [2.24, 2.45) is 0 Å². The normalized spacial score (nSPS) is 14.2. The highest BCUT2D eigenvalue weighted by Gasteiger charge is 2.51. The second kappa shape index (κ2) is 13.7. The fraction of sp³-hybridized carbons (Fsp3) is 0.0625. The van der Waals surface area contributed by atoms with Crippen LogP contribution in [0.4, 0.5) is 17.1 Å².